The summed E-state index contributed by atoms with van der Waals surface area (Å²) < 4.78 is 14.7. The number of benzene rings is 1. The molecule has 1 aromatic carbocycles. The van der Waals surface area contributed by atoms with Crippen LogP contribution in [0, 0.1) is 0 Å². The lowest BCUT2D eigenvalue weighted by atomic mass is 10.1. The van der Waals surface area contributed by atoms with Crippen molar-refractivity contribution in [3.8, 4) is 5.75 Å². The second kappa shape index (κ2) is 5.39. The predicted molar refractivity (Wildman–Crippen MR) is 67.2 cm³/mol. The Morgan fingerprint density at radius 3 is 2.37 bits per heavy atom. The van der Waals surface area contributed by atoms with E-state index in [1.54, 1.807) is 30.3 Å². The van der Waals surface area contributed by atoms with E-state index in [0.29, 0.717) is 11.3 Å². The maximum atomic E-state index is 11.6. The molecule has 0 amide bonds. The summed E-state index contributed by atoms with van der Waals surface area (Å²) >= 11 is 0. The zero-order valence-electron chi connectivity index (χ0n) is 10.5. The van der Waals surface area contributed by atoms with Crippen molar-refractivity contribution in [2.24, 2.45) is 0 Å². The van der Waals surface area contributed by atoms with Crippen LogP contribution in [0.4, 0.5) is 0 Å². The minimum atomic E-state index is -0.661. The summed E-state index contributed by atoms with van der Waals surface area (Å²) in [5.41, 5.74) is 0.894. The molecule has 98 valence electrons. The summed E-state index contributed by atoms with van der Waals surface area (Å²) in [5, 5.41) is 0. The maximum Gasteiger partial charge on any atom is 0.373 e. The van der Waals surface area contributed by atoms with Gasteiger partial charge in [0.2, 0.25) is 5.76 Å². The smallest absolute Gasteiger partial charge is 0.373 e. The van der Waals surface area contributed by atoms with Crippen molar-refractivity contribution in [3.63, 3.8) is 0 Å². The molecule has 0 aromatic heterocycles. The van der Waals surface area contributed by atoms with Gasteiger partial charge in [-0.1, -0.05) is 18.2 Å². The molecule has 0 bridgehead atoms. The highest BCUT2D eigenvalue weighted by atomic mass is 16.6. The van der Waals surface area contributed by atoms with E-state index in [4.69, 9.17) is 4.74 Å². The number of carbonyl (C=O) groups is 2. The number of carbonyl (C=O) groups excluding carboxylic acids is 2. The molecular formula is C14H12O5. The molecule has 0 unspecified atom stereocenters. The van der Waals surface area contributed by atoms with Crippen molar-refractivity contribution in [2.75, 3.05) is 14.2 Å². The van der Waals surface area contributed by atoms with E-state index >= 15 is 0 Å². The molecule has 0 spiro atoms. The molecule has 1 aromatic rings. The average molecular weight is 260 g/mol. The molecule has 19 heavy (non-hydrogen) atoms. The Morgan fingerprint density at radius 1 is 1.00 bits per heavy atom. The van der Waals surface area contributed by atoms with Crippen molar-refractivity contribution in [1.82, 2.24) is 0 Å². The van der Waals surface area contributed by atoms with Crippen LogP contribution in [0.2, 0.25) is 0 Å². The fraction of sp³-hybridized carbons (Fsp3) is 0.143. The minimum Gasteiger partial charge on any atom is -0.465 e. The van der Waals surface area contributed by atoms with Crippen molar-refractivity contribution < 1.29 is 23.8 Å². The molecule has 0 N–H and O–H groups in total. The lowest BCUT2D eigenvalue weighted by Gasteiger charge is -2.08. The van der Waals surface area contributed by atoms with Gasteiger partial charge in [-0.05, 0) is 12.1 Å². The van der Waals surface area contributed by atoms with Gasteiger partial charge in [0.15, 0.2) is 0 Å². The van der Waals surface area contributed by atoms with Gasteiger partial charge in [0.05, 0.1) is 19.8 Å². The first kappa shape index (κ1) is 12.9. The van der Waals surface area contributed by atoms with Gasteiger partial charge in [0.25, 0.3) is 0 Å². The fourth-order valence-corrected chi connectivity index (χ4v) is 1.63. The van der Waals surface area contributed by atoms with Crippen molar-refractivity contribution >= 4 is 18.0 Å². The molecular weight excluding hydrogens is 248 g/mol. The largest absolute Gasteiger partial charge is 0.465 e. The summed E-state index contributed by atoms with van der Waals surface area (Å²) in [4.78, 5) is 23.2. The molecule has 5 heteroatoms. The molecule has 1 aliphatic heterocycles. The molecule has 0 saturated carbocycles. The highest BCUT2D eigenvalue weighted by Gasteiger charge is 2.21. The Balaban J connectivity index is 2.52. The third-order valence-electron chi connectivity index (χ3n) is 2.54. The third kappa shape index (κ3) is 2.65. The van der Waals surface area contributed by atoms with E-state index in [1.165, 1.54) is 20.3 Å². The zero-order chi connectivity index (χ0) is 13.8. The van der Waals surface area contributed by atoms with E-state index in [-0.39, 0.29) is 11.3 Å². The molecule has 2 rings (SSSR count). The third-order valence-corrected chi connectivity index (χ3v) is 2.54. The van der Waals surface area contributed by atoms with Crippen molar-refractivity contribution in [1.29, 1.82) is 0 Å². The summed E-state index contributed by atoms with van der Waals surface area (Å²) in [6.07, 6.45) is 2.90. The lowest BCUT2D eigenvalue weighted by molar-refractivity contribution is -0.138. The summed E-state index contributed by atoms with van der Waals surface area (Å²) in [7, 11) is 2.51. The van der Waals surface area contributed by atoms with Gasteiger partial charge in [0.1, 0.15) is 5.75 Å². The molecule has 0 fully saturated rings. The van der Waals surface area contributed by atoms with Gasteiger partial charge >= 0.3 is 11.9 Å². The van der Waals surface area contributed by atoms with Crippen LogP contribution in [-0.2, 0) is 19.1 Å². The summed E-state index contributed by atoms with van der Waals surface area (Å²) in [5.74, 6) is -0.810. The van der Waals surface area contributed by atoms with Crippen LogP contribution in [0.25, 0.3) is 6.08 Å². The Morgan fingerprint density at radius 2 is 1.68 bits per heavy atom. The first-order valence-corrected chi connectivity index (χ1v) is 5.52. The molecule has 0 atom stereocenters. The molecule has 1 heterocycles. The molecule has 0 aliphatic carbocycles. The molecule has 0 saturated heterocycles. The summed E-state index contributed by atoms with van der Waals surface area (Å²) in [6, 6.07) is 7.04. The monoisotopic (exact) mass is 260 g/mol. The van der Waals surface area contributed by atoms with E-state index in [0.717, 1.165) is 0 Å². The second-order valence-electron chi connectivity index (χ2n) is 3.73. The van der Waals surface area contributed by atoms with Crippen LogP contribution in [-0.4, -0.2) is 26.2 Å². The van der Waals surface area contributed by atoms with Gasteiger partial charge in [-0.25, -0.2) is 9.59 Å². The van der Waals surface area contributed by atoms with Gasteiger partial charge in [0, 0.05) is 11.6 Å². The zero-order valence-corrected chi connectivity index (χ0v) is 10.5. The average Bonchev–Trinajstić information content (AvgIpc) is 2.64. The van der Waals surface area contributed by atoms with Crippen LogP contribution >= 0.6 is 0 Å². The van der Waals surface area contributed by atoms with Gasteiger partial charge in [-0.15, -0.1) is 0 Å². The lowest BCUT2D eigenvalue weighted by Crippen LogP contribution is -2.12. The topological polar surface area (TPSA) is 61.8 Å². The Hall–Kier alpha value is -2.56. The normalized spacial score (nSPS) is 13.2. The summed E-state index contributed by atoms with van der Waals surface area (Å²) in [6.45, 7) is 0. The number of methoxy groups -OCH3 is 2. The fourth-order valence-electron chi connectivity index (χ4n) is 1.63. The number of hydrogen-bond donors (Lipinski definition) is 0. The van der Waals surface area contributed by atoms with E-state index in [1.807, 2.05) is 0 Å². The van der Waals surface area contributed by atoms with Crippen LogP contribution in [0.15, 0.2) is 41.7 Å². The first-order chi connectivity index (χ1) is 9.15. The second-order valence-corrected chi connectivity index (χ2v) is 3.73. The van der Waals surface area contributed by atoms with Crippen molar-refractivity contribution in [2.45, 2.75) is 0 Å². The maximum absolute atomic E-state index is 11.6. The van der Waals surface area contributed by atoms with Crippen molar-refractivity contribution in [3.05, 3.63) is 47.2 Å². The Labute approximate surface area is 110 Å². The number of rotatable bonds is 2. The van der Waals surface area contributed by atoms with Gasteiger partial charge in [-0.3, -0.25) is 0 Å². The van der Waals surface area contributed by atoms with Gasteiger partial charge in [-0.2, -0.15) is 0 Å². The molecule has 5 nitrogen and oxygen atoms in total. The van der Waals surface area contributed by atoms with E-state index in [9.17, 15) is 9.59 Å². The highest BCUT2D eigenvalue weighted by Crippen LogP contribution is 2.27. The number of hydrogen-bond acceptors (Lipinski definition) is 5. The minimum absolute atomic E-state index is 0.0656. The number of fused-ring (bicyclic) bond motifs is 1. The first-order valence-electron chi connectivity index (χ1n) is 5.52. The van der Waals surface area contributed by atoms with Crippen LogP contribution < -0.4 is 4.74 Å². The quantitative estimate of drug-likeness (QED) is 0.757. The van der Waals surface area contributed by atoms with Gasteiger partial charge < -0.3 is 14.2 Å². The Bertz CT molecular complexity index is 583. The van der Waals surface area contributed by atoms with Crippen LogP contribution in [0.3, 0.4) is 0 Å². The standard InChI is InChI=1S/C14H12O5/c1-17-13(15)10-7-9-5-3-4-6-11(9)19-12(8-10)14(16)18-2/h3-8H,1-2H3. The number of esters is 2. The number of para-hydroxylation sites is 1. The SMILES string of the molecule is COC(=O)C1=Cc2ccccc2OC(C(=O)OC)=C1. The van der Waals surface area contributed by atoms with Crippen LogP contribution in [0.5, 0.6) is 5.75 Å². The molecule has 1 aliphatic rings. The highest BCUT2D eigenvalue weighted by molar-refractivity contribution is 6.00. The van der Waals surface area contributed by atoms with E-state index < -0.39 is 11.9 Å². The Kier molecular flexibility index (Phi) is 3.66. The molecule has 0 radical (unpaired) electrons. The van der Waals surface area contributed by atoms with E-state index in [2.05, 4.69) is 9.47 Å². The number of ether oxygens (including phenoxy) is 3. The predicted octanol–water partition coefficient (Wildman–Crippen LogP) is 1.69. The van der Waals surface area contributed by atoms with Crippen LogP contribution in [0.1, 0.15) is 5.56 Å².